The average molecular weight is 245 g/mol. The molecule has 0 saturated heterocycles. The summed E-state index contributed by atoms with van der Waals surface area (Å²) in [7, 11) is 2.10. The van der Waals surface area contributed by atoms with Crippen LogP contribution in [0.1, 0.15) is 62.6 Å². The Morgan fingerprint density at radius 1 is 1.28 bits per heavy atom. The van der Waals surface area contributed by atoms with Crippen LogP contribution in [0, 0.1) is 5.92 Å². The summed E-state index contributed by atoms with van der Waals surface area (Å²) < 4.78 is 0. The lowest BCUT2D eigenvalue weighted by Gasteiger charge is -2.21. The Kier molecular flexibility index (Phi) is 5.25. The first kappa shape index (κ1) is 13.6. The second-order valence-corrected chi connectivity index (χ2v) is 5.72. The van der Waals surface area contributed by atoms with E-state index < -0.39 is 0 Å². The number of nitrogens with one attached hydrogen (secondary N) is 1. The molecule has 1 aliphatic carbocycles. The maximum Gasteiger partial charge on any atom is 0.0320 e. The number of hydrogen-bond donors (Lipinski definition) is 1. The minimum Gasteiger partial charge on any atom is -0.313 e. The van der Waals surface area contributed by atoms with E-state index in [-0.39, 0.29) is 0 Å². The summed E-state index contributed by atoms with van der Waals surface area (Å²) >= 11 is 0. The third kappa shape index (κ3) is 3.58. The van der Waals surface area contributed by atoms with Crippen LogP contribution in [0.5, 0.6) is 0 Å². The largest absolute Gasteiger partial charge is 0.313 e. The Balaban J connectivity index is 2.03. The Hall–Kier alpha value is -0.820. The van der Waals surface area contributed by atoms with E-state index in [0.717, 1.165) is 5.92 Å². The molecule has 2 rings (SSSR count). The van der Waals surface area contributed by atoms with Gasteiger partial charge in [-0.15, -0.1) is 0 Å². The predicted octanol–water partition coefficient (Wildman–Crippen LogP) is 4.48. The Labute approximate surface area is 112 Å². The number of benzene rings is 1. The van der Waals surface area contributed by atoms with Crippen LogP contribution in [0.4, 0.5) is 0 Å². The van der Waals surface area contributed by atoms with Gasteiger partial charge in [0.15, 0.2) is 0 Å². The molecule has 0 radical (unpaired) electrons. The summed E-state index contributed by atoms with van der Waals surface area (Å²) in [6, 6.07) is 9.72. The van der Waals surface area contributed by atoms with Gasteiger partial charge in [-0.2, -0.15) is 0 Å². The molecule has 18 heavy (non-hydrogen) atoms. The third-order valence-corrected chi connectivity index (χ3v) is 4.28. The molecule has 0 aromatic heterocycles. The van der Waals surface area contributed by atoms with Gasteiger partial charge in [0, 0.05) is 6.04 Å². The molecule has 0 amide bonds. The molecule has 1 aliphatic rings. The van der Waals surface area contributed by atoms with E-state index in [0.29, 0.717) is 6.04 Å². The molecule has 0 heterocycles. The first-order valence-corrected chi connectivity index (χ1v) is 7.59. The summed E-state index contributed by atoms with van der Waals surface area (Å²) in [6.45, 7) is 2.25. The van der Waals surface area contributed by atoms with Crippen LogP contribution in [0.2, 0.25) is 0 Å². The van der Waals surface area contributed by atoms with Crippen molar-refractivity contribution in [1.29, 1.82) is 0 Å². The molecule has 0 aliphatic heterocycles. The fourth-order valence-electron chi connectivity index (χ4n) is 3.25. The van der Waals surface area contributed by atoms with Crippen LogP contribution in [-0.4, -0.2) is 7.05 Å². The highest BCUT2D eigenvalue weighted by atomic mass is 14.9. The quantitative estimate of drug-likeness (QED) is 0.779. The van der Waals surface area contributed by atoms with Crippen molar-refractivity contribution in [3.8, 4) is 0 Å². The van der Waals surface area contributed by atoms with Crippen molar-refractivity contribution in [3.05, 3.63) is 35.4 Å². The van der Waals surface area contributed by atoms with Gasteiger partial charge in [-0.1, -0.05) is 63.3 Å². The van der Waals surface area contributed by atoms with E-state index in [4.69, 9.17) is 0 Å². The Bertz CT molecular complexity index is 352. The molecule has 1 aromatic rings. The number of aryl methyl sites for hydroxylation is 1. The number of rotatable bonds is 6. The average Bonchev–Trinajstić information content (AvgIpc) is 2.89. The lowest BCUT2D eigenvalue weighted by molar-refractivity contribution is 0.413. The summed E-state index contributed by atoms with van der Waals surface area (Å²) in [4.78, 5) is 0. The van der Waals surface area contributed by atoms with Crippen molar-refractivity contribution in [2.45, 2.75) is 57.9 Å². The third-order valence-electron chi connectivity index (χ3n) is 4.28. The minimum atomic E-state index is 0.546. The second kappa shape index (κ2) is 6.94. The van der Waals surface area contributed by atoms with Gasteiger partial charge in [0.25, 0.3) is 0 Å². The molecular weight excluding hydrogens is 218 g/mol. The molecule has 1 saturated carbocycles. The summed E-state index contributed by atoms with van der Waals surface area (Å²) in [5, 5.41) is 3.51. The zero-order chi connectivity index (χ0) is 12.8. The van der Waals surface area contributed by atoms with Gasteiger partial charge in [-0.25, -0.2) is 0 Å². The van der Waals surface area contributed by atoms with Crippen LogP contribution in [-0.2, 0) is 6.42 Å². The molecule has 1 N–H and O–H groups in total. The van der Waals surface area contributed by atoms with E-state index >= 15 is 0 Å². The first-order valence-electron chi connectivity index (χ1n) is 7.59. The fourth-order valence-corrected chi connectivity index (χ4v) is 3.25. The highest BCUT2D eigenvalue weighted by Crippen LogP contribution is 2.33. The van der Waals surface area contributed by atoms with E-state index in [1.54, 1.807) is 0 Å². The van der Waals surface area contributed by atoms with Gasteiger partial charge in [0.1, 0.15) is 0 Å². The maximum absolute atomic E-state index is 3.51. The van der Waals surface area contributed by atoms with Gasteiger partial charge >= 0.3 is 0 Å². The molecule has 1 aromatic carbocycles. The highest BCUT2D eigenvalue weighted by Gasteiger charge is 2.20. The minimum absolute atomic E-state index is 0.546. The van der Waals surface area contributed by atoms with Crippen molar-refractivity contribution in [3.63, 3.8) is 0 Å². The first-order chi connectivity index (χ1) is 8.83. The predicted molar refractivity (Wildman–Crippen MR) is 78.8 cm³/mol. The zero-order valence-electron chi connectivity index (χ0n) is 11.9. The summed E-state index contributed by atoms with van der Waals surface area (Å²) in [5.74, 6) is 0.942. The molecule has 1 atom stereocenters. The molecular formula is C17H27N. The van der Waals surface area contributed by atoms with Crippen molar-refractivity contribution in [1.82, 2.24) is 5.32 Å². The molecule has 1 nitrogen and oxygen atoms in total. The van der Waals surface area contributed by atoms with Crippen LogP contribution in [0.3, 0.4) is 0 Å². The molecule has 1 heteroatoms. The number of hydrogen-bond acceptors (Lipinski definition) is 1. The van der Waals surface area contributed by atoms with E-state index in [1.807, 2.05) is 0 Å². The monoisotopic (exact) mass is 245 g/mol. The van der Waals surface area contributed by atoms with E-state index in [2.05, 4.69) is 43.6 Å². The normalized spacial score (nSPS) is 18.1. The van der Waals surface area contributed by atoms with Gasteiger partial charge < -0.3 is 5.32 Å². The highest BCUT2D eigenvalue weighted by molar-refractivity contribution is 5.26. The van der Waals surface area contributed by atoms with Gasteiger partial charge in [-0.05, 0) is 36.9 Å². The van der Waals surface area contributed by atoms with Crippen LogP contribution in [0.25, 0.3) is 0 Å². The van der Waals surface area contributed by atoms with E-state index in [9.17, 15) is 0 Å². The molecule has 1 fully saturated rings. The molecule has 0 spiro atoms. The molecule has 0 bridgehead atoms. The van der Waals surface area contributed by atoms with Gasteiger partial charge in [-0.3, -0.25) is 0 Å². The maximum atomic E-state index is 3.51. The summed E-state index contributed by atoms with van der Waals surface area (Å²) in [5.41, 5.74) is 2.97. The fraction of sp³-hybridized carbons (Fsp3) is 0.647. The Morgan fingerprint density at radius 3 is 2.72 bits per heavy atom. The lowest BCUT2D eigenvalue weighted by atomic mass is 9.92. The molecule has 100 valence electrons. The van der Waals surface area contributed by atoms with E-state index in [1.165, 1.54) is 56.1 Å². The zero-order valence-corrected chi connectivity index (χ0v) is 11.9. The van der Waals surface area contributed by atoms with Crippen molar-refractivity contribution < 1.29 is 0 Å². The van der Waals surface area contributed by atoms with Gasteiger partial charge in [0.05, 0.1) is 0 Å². The van der Waals surface area contributed by atoms with Crippen molar-refractivity contribution in [2.24, 2.45) is 5.92 Å². The Morgan fingerprint density at radius 2 is 2.06 bits per heavy atom. The molecule has 1 unspecified atom stereocenters. The van der Waals surface area contributed by atoms with Crippen LogP contribution < -0.4 is 5.32 Å². The lowest BCUT2D eigenvalue weighted by Crippen LogP contribution is -2.19. The SMILES string of the molecule is CCCc1cccc(C(CC2CCCC2)NC)c1. The van der Waals surface area contributed by atoms with Crippen LogP contribution in [0.15, 0.2) is 24.3 Å². The second-order valence-electron chi connectivity index (χ2n) is 5.72. The van der Waals surface area contributed by atoms with Crippen molar-refractivity contribution in [2.75, 3.05) is 7.05 Å². The standard InChI is InChI=1S/C17H27N/c1-3-7-14-10-6-11-16(12-14)17(18-2)13-15-8-4-5-9-15/h6,10-12,15,17-18H,3-5,7-9,13H2,1-2H3. The van der Waals surface area contributed by atoms with Crippen LogP contribution >= 0.6 is 0 Å². The van der Waals surface area contributed by atoms with Crippen molar-refractivity contribution >= 4 is 0 Å². The summed E-state index contributed by atoms with van der Waals surface area (Å²) in [6.07, 6.45) is 9.50. The van der Waals surface area contributed by atoms with Gasteiger partial charge in [0.2, 0.25) is 0 Å². The topological polar surface area (TPSA) is 12.0 Å². The smallest absolute Gasteiger partial charge is 0.0320 e.